The zero-order valence-corrected chi connectivity index (χ0v) is 29.5. The van der Waals surface area contributed by atoms with Gasteiger partial charge in [-0.1, -0.05) is 12.1 Å². The van der Waals surface area contributed by atoms with Crippen LogP contribution in [-0.2, 0) is 28.7 Å². The first-order valence-corrected chi connectivity index (χ1v) is 16.2. The largest absolute Gasteiger partial charge is 0.490 e. The van der Waals surface area contributed by atoms with Crippen molar-refractivity contribution in [2.24, 2.45) is 0 Å². The SMILES string of the molecule is CC(=O)Nc1ccc(OCCOC(=O)C2=C(C)NC(C)=C(C(=O)OCCOc3ccc(NC(C)=O)cc3)C2c2cccc([N+](=O)[O-])c2)cc1.CCO. The van der Waals surface area contributed by atoms with Crippen LogP contribution in [-0.4, -0.2) is 66.8 Å². The van der Waals surface area contributed by atoms with Gasteiger partial charge < -0.3 is 40.0 Å². The van der Waals surface area contributed by atoms with Gasteiger partial charge in [0.15, 0.2) is 0 Å². The lowest BCUT2D eigenvalue weighted by molar-refractivity contribution is -0.384. The topological polar surface area (TPSA) is 205 Å². The van der Waals surface area contributed by atoms with E-state index in [2.05, 4.69) is 16.0 Å². The molecule has 0 spiro atoms. The molecule has 0 aromatic heterocycles. The van der Waals surface area contributed by atoms with E-state index in [9.17, 15) is 29.3 Å². The van der Waals surface area contributed by atoms with E-state index in [1.165, 1.54) is 32.0 Å². The maximum absolute atomic E-state index is 13.6. The maximum Gasteiger partial charge on any atom is 0.336 e. The van der Waals surface area contributed by atoms with Crippen molar-refractivity contribution < 1.29 is 48.2 Å². The average Bonchev–Trinajstić information content (AvgIpc) is 3.09. The van der Waals surface area contributed by atoms with Gasteiger partial charge in [0.25, 0.3) is 5.69 Å². The Kier molecular flexibility index (Phi) is 15.3. The van der Waals surface area contributed by atoms with Gasteiger partial charge in [0.1, 0.15) is 37.9 Å². The number of aliphatic hydroxyl groups is 1. The predicted octanol–water partition coefficient (Wildman–Crippen LogP) is 4.99. The fraction of sp³-hybridized carbons (Fsp3) is 0.297. The molecule has 3 aromatic rings. The Hall–Kier alpha value is -6.22. The zero-order chi connectivity index (χ0) is 38.2. The summed E-state index contributed by atoms with van der Waals surface area (Å²) < 4.78 is 22.4. The third-order valence-electron chi connectivity index (χ3n) is 7.13. The van der Waals surface area contributed by atoms with Crippen molar-refractivity contribution in [3.63, 3.8) is 0 Å². The molecule has 0 atom stereocenters. The van der Waals surface area contributed by atoms with Gasteiger partial charge in [-0.05, 0) is 74.9 Å². The quantitative estimate of drug-likeness (QED) is 0.0753. The van der Waals surface area contributed by atoms with E-state index >= 15 is 0 Å². The Bertz CT molecular complexity index is 1700. The molecule has 3 aromatic carbocycles. The number of esters is 2. The molecule has 52 heavy (non-hydrogen) atoms. The lowest BCUT2D eigenvalue weighted by Gasteiger charge is -2.30. The first kappa shape index (κ1) is 40.2. The Balaban J connectivity index is 0.00000235. The summed E-state index contributed by atoms with van der Waals surface area (Å²) in [6, 6.07) is 19.0. The molecule has 276 valence electrons. The molecule has 15 heteroatoms. The van der Waals surface area contributed by atoms with Crippen LogP contribution in [0.5, 0.6) is 11.5 Å². The molecule has 0 radical (unpaired) electrons. The number of nitro benzene ring substituents is 1. The van der Waals surface area contributed by atoms with E-state index in [1.54, 1.807) is 75.4 Å². The van der Waals surface area contributed by atoms with Gasteiger partial charge in [-0.3, -0.25) is 19.7 Å². The summed E-state index contributed by atoms with van der Waals surface area (Å²) in [5, 5.41) is 27.6. The van der Waals surface area contributed by atoms with Crippen LogP contribution >= 0.6 is 0 Å². The van der Waals surface area contributed by atoms with Crippen LogP contribution < -0.4 is 25.4 Å². The minimum atomic E-state index is -1.05. The van der Waals surface area contributed by atoms with Gasteiger partial charge in [0, 0.05) is 55.4 Å². The first-order chi connectivity index (χ1) is 24.8. The molecule has 0 bridgehead atoms. The Morgan fingerprint density at radius 2 is 1.17 bits per heavy atom. The molecule has 4 rings (SSSR count). The molecule has 2 amide bonds. The number of carbonyl (C=O) groups excluding carboxylic acids is 4. The second-order valence-corrected chi connectivity index (χ2v) is 11.2. The van der Waals surface area contributed by atoms with E-state index in [0.717, 1.165) is 0 Å². The molecule has 0 fully saturated rings. The number of carbonyl (C=O) groups is 4. The highest BCUT2D eigenvalue weighted by Crippen LogP contribution is 2.40. The van der Waals surface area contributed by atoms with Gasteiger partial charge in [0.2, 0.25) is 11.8 Å². The van der Waals surface area contributed by atoms with E-state index < -0.39 is 22.8 Å². The van der Waals surface area contributed by atoms with Crippen molar-refractivity contribution in [3.05, 3.63) is 111 Å². The van der Waals surface area contributed by atoms with Gasteiger partial charge in [-0.25, -0.2) is 9.59 Å². The number of aliphatic hydroxyl groups excluding tert-OH is 1. The van der Waals surface area contributed by atoms with Crippen molar-refractivity contribution in [2.45, 2.75) is 40.5 Å². The third kappa shape index (κ3) is 12.0. The molecule has 1 aliphatic heterocycles. The number of benzene rings is 3. The van der Waals surface area contributed by atoms with Gasteiger partial charge in [0.05, 0.1) is 22.0 Å². The molecule has 0 saturated carbocycles. The highest BCUT2D eigenvalue weighted by molar-refractivity contribution is 6.00. The fourth-order valence-corrected chi connectivity index (χ4v) is 5.11. The lowest BCUT2D eigenvalue weighted by atomic mass is 9.80. The minimum absolute atomic E-state index is 0.00614. The van der Waals surface area contributed by atoms with E-state index in [-0.39, 0.29) is 61.7 Å². The summed E-state index contributed by atoms with van der Waals surface area (Å²) in [5.41, 5.74) is 2.26. The number of nitrogens with zero attached hydrogens (tertiary/aromatic N) is 1. The molecule has 1 heterocycles. The van der Waals surface area contributed by atoms with Crippen molar-refractivity contribution in [3.8, 4) is 11.5 Å². The number of allylic oxidation sites excluding steroid dienone is 2. The summed E-state index contributed by atoms with van der Waals surface area (Å²) >= 11 is 0. The summed E-state index contributed by atoms with van der Waals surface area (Å²) in [5.74, 6) is -1.99. The first-order valence-electron chi connectivity index (χ1n) is 16.2. The number of anilines is 2. The van der Waals surface area contributed by atoms with E-state index in [4.69, 9.17) is 24.1 Å². The molecule has 0 saturated heterocycles. The molecular formula is C37H42N4O11. The number of ether oxygens (including phenoxy) is 4. The van der Waals surface area contributed by atoms with Crippen molar-refractivity contribution in [1.82, 2.24) is 5.32 Å². The minimum Gasteiger partial charge on any atom is -0.490 e. The lowest BCUT2D eigenvalue weighted by Crippen LogP contribution is -2.33. The molecule has 4 N–H and O–H groups in total. The monoisotopic (exact) mass is 718 g/mol. The molecule has 1 aliphatic rings. The van der Waals surface area contributed by atoms with Crippen molar-refractivity contribution >= 4 is 40.8 Å². The summed E-state index contributed by atoms with van der Waals surface area (Å²) in [7, 11) is 0. The second-order valence-electron chi connectivity index (χ2n) is 11.2. The second kappa shape index (κ2) is 19.8. The summed E-state index contributed by atoms with van der Waals surface area (Å²) in [6.45, 7) is 7.75. The van der Waals surface area contributed by atoms with Gasteiger partial charge in [-0.2, -0.15) is 0 Å². The number of non-ortho nitro benzene ring substituents is 1. The van der Waals surface area contributed by atoms with Gasteiger partial charge >= 0.3 is 11.9 Å². The zero-order valence-electron chi connectivity index (χ0n) is 29.5. The fourth-order valence-electron chi connectivity index (χ4n) is 5.11. The van der Waals surface area contributed by atoms with Crippen LogP contribution in [0, 0.1) is 10.1 Å². The van der Waals surface area contributed by atoms with Crippen molar-refractivity contribution in [1.29, 1.82) is 0 Å². The third-order valence-corrected chi connectivity index (χ3v) is 7.13. The molecule has 0 aliphatic carbocycles. The van der Waals surface area contributed by atoms with E-state index in [1.807, 2.05) is 0 Å². The Morgan fingerprint density at radius 3 is 1.56 bits per heavy atom. The summed E-state index contributed by atoms with van der Waals surface area (Å²) in [6.07, 6.45) is 0. The highest BCUT2D eigenvalue weighted by atomic mass is 16.6. The number of nitrogens with one attached hydrogen (secondary N) is 3. The highest BCUT2D eigenvalue weighted by Gasteiger charge is 2.38. The molecule has 0 unspecified atom stereocenters. The number of dihydropyridines is 1. The number of rotatable bonds is 14. The van der Waals surface area contributed by atoms with Gasteiger partial charge in [-0.15, -0.1) is 0 Å². The van der Waals surface area contributed by atoms with Crippen LogP contribution in [0.25, 0.3) is 0 Å². The Labute approximate surface area is 300 Å². The number of nitro groups is 1. The summed E-state index contributed by atoms with van der Waals surface area (Å²) in [4.78, 5) is 60.7. The number of hydrogen-bond acceptors (Lipinski definition) is 12. The predicted molar refractivity (Wildman–Crippen MR) is 192 cm³/mol. The van der Waals surface area contributed by atoms with Crippen LogP contribution in [0.4, 0.5) is 17.1 Å². The van der Waals surface area contributed by atoms with Crippen molar-refractivity contribution in [2.75, 3.05) is 43.7 Å². The van der Waals surface area contributed by atoms with Crippen LogP contribution in [0.2, 0.25) is 0 Å². The Morgan fingerprint density at radius 1 is 0.750 bits per heavy atom. The van der Waals surface area contributed by atoms with Crippen LogP contribution in [0.15, 0.2) is 95.3 Å². The van der Waals surface area contributed by atoms with Crippen LogP contribution in [0.1, 0.15) is 46.1 Å². The van der Waals surface area contributed by atoms with Crippen LogP contribution in [0.3, 0.4) is 0 Å². The number of hydrogen-bond donors (Lipinski definition) is 4. The smallest absolute Gasteiger partial charge is 0.336 e. The average molecular weight is 719 g/mol. The number of amides is 2. The normalized spacial score (nSPS) is 12.4. The maximum atomic E-state index is 13.6. The molecule has 15 nitrogen and oxygen atoms in total. The standard InChI is InChI=1S/C35H36N4O10.C2H6O/c1-21-31(34(42)48-18-16-46-29-12-8-26(9-13-29)37-23(3)40)33(25-6-5-7-28(20-25)39(44)45)32(22(2)36-21)35(43)49-19-17-47-30-14-10-27(11-15-30)38-24(4)41;1-2-3/h5-15,20,33,36H,16-19H2,1-4H3,(H,37,40)(H,38,41);3H,2H2,1H3. The van der Waals surface area contributed by atoms with E-state index in [0.29, 0.717) is 39.8 Å². The molecular weight excluding hydrogens is 676 g/mol.